The van der Waals surface area contributed by atoms with E-state index in [2.05, 4.69) is 0 Å². The number of unbranched alkanes of at least 4 members (excludes halogenated alkanes) is 1. The van der Waals surface area contributed by atoms with Crippen LogP contribution in [0, 0.1) is 0 Å². The molecule has 0 amide bonds. The van der Waals surface area contributed by atoms with Gasteiger partial charge in [0, 0.05) is 10.5 Å². The maximum absolute atomic E-state index is 10.3. The molecule has 0 saturated carbocycles. The van der Waals surface area contributed by atoms with E-state index in [0.29, 0.717) is 19.3 Å². The van der Waals surface area contributed by atoms with Crippen molar-refractivity contribution >= 4 is 5.97 Å². The lowest BCUT2D eigenvalue weighted by Crippen LogP contribution is -1.92. The van der Waals surface area contributed by atoms with Gasteiger partial charge in [0.15, 0.2) is 0 Å². The first kappa shape index (κ1) is 10.1. The third-order valence-corrected chi connectivity index (χ3v) is 1.93. The van der Waals surface area contributed by atoms with Crippen molar-refractivity contribution in [3.8, 4) is 0 Å². The van der Waals surface area contributed by atoms with E-state index in [4.69, 9.17) is 9.22 Å². The van der Waals surface area contributed by atoms with Gasteiger partial charge >= 0.3 is 5.97 Å². The Balaban J connectivity index is 3.78. The molecule has 0 aliphatic carbocycles. The van der Waals surface area contributed by atoms with Crippen LogP contribution in [0.1, 0.15) is 62.3 Å². The number of carboxylic acids is 1. The number of allylic oxidation sites excluding steroid dienone is 4. The molecule has 2 nitrogen and oxygen atoms in total. The van der Waals surface area contributed by atoms with E-state index in [1.807, 2.05) is 25.2 Å². The maximum atomic E-state index is 10.3. The summed E-state index contributed by atoms with van der Waals surface area (Å²) in [4.78, 5) is 10.3. The van der Waals surface area contributed by atoms with Crippen LogP contribution >= 0.6 is 0 Å². The fourth-order valence-corrected chi connectivity index (χ4v) is 1.10. The SMILES string of the molecule is [2H]C(/C=C\C/C=C\CCCC(=O)O)C([2H])C([2H])CC. The van der Waals surface area contributed by atoms with Crippen molar-refractivity contribution in [1.82, 2.24) is 0 Å². The third-order valence-electron chi connectivity index (χ3n) is 1.93. The molecule has 0 aliphatic heterocycles. The second kappa shape index (κ2) is 12.0. The molecule has 3 atom stereocenters. The van der Waals surface area contributed by atoms with E-state index in [9.17, 15) is 4.79 Å². The summed E-state index contributed by atoms with van der Waals surface area (Å²) < 4.78 is 23.0. The predicted octanol–water partition coefficient (Wildman–Crippen LogP) is 4.32. The Morgan fingerprint density at radius 2 is 2.00 bits per heavy atom. The van der Waals surface area contributed by atoms with Gasteiger partial charge in [-0.3, -0.25) is 4.79 Å². The Hall–Kier alpha value is -1.05. The molecule has 0 fully saturated rings. The Morgan fingerprint density at radius 3 is 2.69 bits per heavy atom. The molecule has 0 spiro atoms. The molecule has 2 heteroatoms. The first-order valence-corrected chi connectivity index (χ1v) is 5.79. The molecule has 0 aliphatic rings. The summed E-state index contributed by atoms with van der Waals surface area (Å²) >= 11 is 0. The summed E-state index contributed by atoms with van der Waals surface area (Å²) in [7, 11) is 0. The largest absolute Gasteiger partial charge is 0.481 e. The second-order valence-corrected chi connectivity index (χ2v) is 3.45. The summed E-state index contributed by atoms with van der Waals surface area (Å²) in [6.07, 6.45) is 8.38. The van der Waals surface area contributed by atoms with Crippen LogP contribution in [0.5, 0.6) is 0 Å². The minimum atomic E-state index is -0.771. The molecule has 3 unspecified atom stereocenters. The van der Waals surface area contributed by atoms with Crippen molar-refractivity contribution in [2.75, 3.05) is 0 Å². The Morgan fingerprint density at radius 1 is 1.25 bits per heavy atom. The van der Waals surface area contributed by atoms with Crippen LogP contribution < -0.4 is 0 Å². The molecule has 0 heterocycles. The van der Waals surface area contributed by atoms with Crippen LogP contribution in [0.15, 0.2) is 24.3 Å². The van der Waals surface area contributed by atoms with Gasteiger partial charge in [0.2, 0.25) is 0 Å². The summed E-state index contributed by atoms with van der Waals surface area (Å²) in [5, 5.41) is 8.44. The first-order chi connectivity index (χ1) is 8.99. The van der Waals surface area contributed by atoms with Gasteiger partial charge in [0.05, 0.1) is 0 Å². The summed E-state index contributed by atoms with van der Waals surface area (Å²) in [6.45, 7) is 1.86. The van der Waals surface area contributed by atoms with E-state index in [-0.39, 0.29) is 6.42 Å². The number of carbonyl (C=O) groups is 1. The topological polar surface area (TPSA) is 37.3 Å². The Bertz CT molecular complexity index is 303. The Labute approximate surface area is 103 Å². The fraction of sp³-hybridized carbons (Fsp3) is 0.643. The van der Waals surface area contributed by atoms with Crippen LogP contribution in [0.25, 0.3) is 0 Å². The van der Waals surface area contributed by atoms with Crippen molar-refractivity contribution < 1.29 is 14.0 Å². The highest BCUT2D eigenvalue weighted by Gasteiger charge is 1.92. The van der Waals surface area contributed by atoms with Crippen molar-refractivity contribution in [3.05, 3.63) is 24.3 Å². The molecular weight excluding hydrogens is 200 g/mol. The third kappa shape index (κ3) is 12.9. The molecule has 0 saturated heterocycles. The standard InChI is InChI=1S/C14H24O2/c1-2-3-4-5-6-7-8-9-10-11-12-13-14(15)16/h6-7,9-10H,2-5,8,11-13H2,1H3,(H,15,16)/b7-6-,10-9-/i3D,4D,5D. The number of hydrogen-bond donors (Lipinski definition) is 1. The molecule has 92 valence electrons. The molecule has 0 rings (SSSR count). The van der Waals surface area contributed by atoms with Crippen LogP contribution in [0.4, 0.5) is 0 Å². The fourth-order valence-electron chi connectivity index (χ4n) is 1.10. The van der Waals surface area contributed by atoms with Crippen molar-refractivity contribution in [1.29, 1.82) is 0 Å². The maximum Gasteiger partial charge on any atom is 0.303 e. The van der Waals surface area contributed by atoms with Gasteiger partial charge < -0.3 is 5.11 Å². The van der Waals surface area contributed by atoms with Crippen LogP contribution in [0.2, 0.25) is 0 Å². The van der Waals surface area contributed by atoms with Crippen LogP contribution in [0.3, 0.4) is 0 Å². The van der Waals surface area contributed by atoms with Crippen LogP contribution in [-0.2, 0) is 4.79 Å². The summed E-state index contributed by atoms with van der Waals surface area (Å²) in [5.74, 6) is -0.771. The van der Waals surface area contributed by atoms with Gasteiger partial charge in [0.25, 0.3) is 0 Å². The number of carboxylic acid groups (broad SMARTS) is 1. The number of hydrogen-bond acceptors (Lipinski definition) is 1. The molecule has 0 aromatic heterocycles. The summed E-state index contributed by atoms with van der Waals surface area (Å²) in [6, 6.07) is 0. The zero-order valence-electron chi connectivity index (χ0n) is 12.9. The van der Waals surface area contributed by atoms with E-state index in [1.165, 1.54) is 0 Å². The highest BCUT2D eigenvalue weighted by Crippen LogP contribution is 2.01. The van der Waals surface area contributed by atoms with E-state index in [1.54, 1.807) is 6.08 Å². The van der Waals surface area contributed by atoms with Crippen molar-refractivity contribution in [3.63, 3.8) is 0 Å². The molecule has 0 aromatic carbocycles. The van der Waals surface area contributed by atoms with E-state index < -0.39 is 25.2 Å². The van der Waals surface area contributed by atoms with Gasteiger partial charge in [-0.25, -0.2) is 0 Å². The molecule has 0 bridgehead atoms. The lowest BCUT2D eigenvalue weighted by Gasteiger charge is -1.91. The molecular formula is C14H24O2. The smallest absolute Gasteiger partial charge is 0.303 e. The predicted molar refractivity (Wildman–Crippen MR) is 68.5 cm³/mol. The quantitative estimate of drug-likeness (QED) is 0.445. The lowest BCUT2D eigenvalue weighted by atomic mass is 10.2. The van der Waals surface area contributed by atoms with Gasteiger partial charge in [-0.05, 0) is 32.1 Å². The Kier molecular flexibility index (Phi) is 7.61. The molecule has 16 heavy (non-hydrogen) atoms. The number of rotatable bonds is 10. The minimum absolute atomic E-state index is 0.192. The molecule has 1 N–H and O–H groups in total. The van der Waals surface area contributed by atoms with E-state index >= 15 is 0 Å². The highest BCUT2D eigenvalue weighted by molar-refractivity contribution is 5.66. The summed E-state index contributed by atoms with van der Waals surface area (Å²) in [5.41, 5.74) is 0. The monoisotopic (exact) mass is 227 g/mol. The number of aliphatic carboxylic acids is 1. The first-order valence-electron chi connectivity index (χ1n) is 7.52. The van der Waals surface area contributed by atoms with Crippen molar-refractivity contribution in [2.24, 2.45) is 0 Å². The van der Waals surface area contributed by atoms with Gasteiger partial charge in [-0.15, -0.1) is 0 Å². The average molecular weight is 227 g/mol. The van der Waals surface area contributed by atoms with Crippen LogP contribution in [-0.4, -0.2) is 11.1 Å². The average Bonchev–Trinajstić information content (AvgIpc) is 2.39. The lowest BCUT2D eigenvalue weighted by molar-refractivity contribution is -0.137. The van der Waals surface area contributed by atoms with Gasteiger partial charge in [-0.2, -0.15) is 0 Å². The zero-order chi connectivity index (χ0) is 14.7. The molecule has 0 radical (unpaired) electrons. The zero-order valence-corrected chi connectivity index (χ0v) is 9.93. The van der Waals surface area contributed by atoms with E-state index in [0.717, 1.165) is 6.42 Å². The second-order valence-electron chi connectivity index (χ2n) is 3.45. The minimum Gasteiger partial charge on any atom is -0.481 e. The normalized spacial score (nSPS) is 20.2. The van der Waals surface area contributed by atoms with Crippen molar-refractivity contribution in [2.45, 2.75) is 58.2 Å². The van der Waals surface area contributed by atoms with Gasteiger partial charge in [-0.1, -0.05) is 44.0 Å². The highest BCUT2D eigenvalue weighted by atomic mass is 16.4. The molecule has 0 aromatic rings. The van der Waals surface area contributed by atoms with Gasteiger partial charge in [0.1, 0.15) is 0 Å².